The zero-order valence-corrected chi connectivity index (χ0v) is 15.8. The predicted molar refractivity (Wildman–Crippen MR) is 109 cm³/mol. The summed E-state index contributed by atoms with van der Waals surface area (Å²) in [6.45, 7) is 0.643. The van der Waals surface area contributed by atoms with Gasteiger partial charge in [-0.25, -0.2) is 13.9 Å². The zero-order chi connectivity index (χ0) is 20.7. The number of urea groups is 1. The van der Waals surface area contributed by atoms with E-state index in [2.05, 4.69) is 15.4 Å². The Labute approximate surface area is 171 Å². The molecule has 0 radical (unpaired) electrons. The number of anilines is 2. The van der Waals surface area contributed by atoms with Gasteiger partial charge in [0.2, 0.25) is 5.91 Å². The quantitative estimate of drug-likeness (QED) is 0.726. The first kappa shape index (κ1) is 18.0. The number of nitrogens with zero attached hydrogens (tertiary/aromatic N) is 5. The number of carbonyl (C=O) groups excluding carboxylic acids is 2. The van der Waals surface area contributed by atoms with Crippen LogP contribution in [0, 0.1) is 5.82 Å². The van der Waals surface area contributed by atoms with Crippen molar-refractivity contribution in [3.8, 4) is 5.69 Å². The zero-order valence-electron chi connectivity index (χ0n) is 15.8. The molecule has 150 valence electrons. The lowest BCUT2D eigenvalue weighted by atomic mass is 10.2. The molecule has 2 aliphatic rings. The van der Waals surface area contributed by atoms with Crippen LogP contribution in [0.4, 0.5) is 20.7 Å². The van der Waals surface area contributed by atoms with E-state index in [0.717, 1.165) is 5.69 Å². The van der Waals surface area contributed by atoms with Gasteiger partial charge in [-0.2, -0.15) is 5.10 Å². The van der Waals surface area contributed by atoms with Crippen molar-refractivity contribution < 1.29 is 14.0 Å². The molecule has 3 amide bonds. The van der Waals surface area contributed by atoms with E-state index in [9.17, 15) is 14.0 Å². The fraction of sp³-hybridized carbons (Fsp3) is 0.143. The number of halogens is 1. The van der Waals surface area contributed by atoms with Crippen LogP contribution in [0.15, 0.2) is 65.8 Å². The van der Waals surface area contributed by atoms with Crippen molar-refractivity contribution in [3.05, 3.63) is 72.2 Å². The molecule has 0 saturated carbocycles. The third-order valence-corrected chi connectivity index (χ3v) is 4.99. The lowest BCUT2D eigenvalue weighted by molar-refractivity contribution is -0.114. The molecular weight excluding hydrogens is 387 g/mol. The molecule has 1 aromatic heterocycles. The lowest BCUT2D eigenvalue weighted by Gasteiger charge is -2.33. The van der Waals surface area contributed by atoms with Crippen molar-refractivity contribution in [2.75, 3.05) is 29.9 Å². The number of aromatic nitrogens is 2. The van der Waals surface area contributed by atoms with Crippen LogP contribution in [0.3, 0.4) is 0 Å². The van der Waals surface area contributed by atoms with E-state index in [1.165, 1.54) is 28.0 Å². The largest absolute Gasteiger partial charge is 0.331 e. The smallest absolute Gasteiger partial charge is 0.322 e. The highest BCUT2D eigenvalue weighted by molar-refractivity contribution is 6.20. The van der Waals surface area contributed by atoms with Crippen molar-refractivity contribution in [3.63, 3.8) is 0 Å². The van der Waals surface area contributed by atoms with E-state index in [1.807, 2.05) is 30.3 Å². The molecule has 0 spiro atoms. The van der Waals surface area contributed by atoms with Crippen molar-refractivity contribution in [2.24, 2.45) is 4.99 Å². The van der Waals surface area contributed by atoms with E-state index < -0.39 is 11.7 Å². The predicted octanol–water partition coefficient (Wildman–Crippen LogP) is 2.65. The molecule has 0 fully saturated rings. The highest BCUT2D eigenvalue weighted by Gasteiger charge is 2.41. The molecule has 3 heterocycles. The summed E-state index contributed by atoms with van der Waals surface area (Å²) in [5.41, 5.74) is 1.49. The first-order valence-corrected chi connectivity index (χ1v) is 9.45. The minimum Gasteiger partial charge on any atom is -0.322 e. The van der Waals surface area contributed by atoms with Gasteiger partial charge >= 0.3 is 6.03 Å². The minimum atomic E-state index is -0.542. The second kappa shape index (κ2) is 7.11. The molecule has 3 aromatic rings. The van der Waals surface area contributed by atoms with Crippen LogP contribution in [-0.2, 0) is 4.79 Å². The van der Waals surface area contributed by atoms with Crippen LogP contribution in [0.25, 0.3) is 5.69 Å². The number of amides is 3. The molecule has 8 nitrogen and oxygen atoms in total. The number of para-hydroxylation sites is 2. The van der Waals surface area contributed by atoms with Gasteiger partial charge in [0.1, 0.15) is 18.2 Å². The number of aliphatic imine (C=N–C) groups is 1. The summed E-state index contributed by atoms with van der Waals surface area (Å²) in [7, 11) is 0. The Balaban J connectivity index is 1.53. The maximum Gasteiger partial charge on any atom is 0.331 e. The average Bonchev–Trinajstić information content (AvgIpc) is 3.41. The first-order chi connectivity index (χ1) is 14.6. The highest BCUT2D eigenvalue weighted by atomic mass is 19.1. The van der Waals surface area contributed by atoms with Gasteiger partial charge in [-0.05, 0) is 24.3 Å². The summed E-state index contributed by atoms with van der Waals surface area (Å²) in [6.07, 6.45) is 1.65. The van der Waals surface area contributed by atoms with Gasteiger partial charge in [0.25, 0.3) is 0 Å². The second-order valence-electron chi connectivity index (χ2n) is 6.88. The summed E-state index contributed by atoms with van der Waals surface area (Å²) in [6, 6.07) is 14.9. The minimum absolute atomic E-state index is 0.0622. The number of hydrogen-bond donors (Lipinski definition) is 1. The van der Waals surface area contributed by atoms with Crippen LogP contribution < -0.4 is 10.2 Å². The molecule has 0 saturated heterocycles. The van der Waals surface area contributed by atoms with E-state index in [0.29, 0.717) is 30.3 Å². The van der Waals surface area contributed by atoms with Crippen molar-refractivity contribution in [1.29, 1.82) is 0 Å². The molecule has 30 heavy (non-hydrogen) atoms. The Morgan fingerprint density at radius 2 is 1.87 bits per heavy atom. The summed E-state index contributed by atoms with van der Waals surface area (Å²) < 4.78 is 15.5. The molecule has 9 heteroatoms. The van der Waals surface area contributed by atoms with E-state index in [-0.39, 0.29) is 18.3 Å². The number of amidine groups is 1. The van der Waals surface area contributed by atoms with Crippen LogP contribution in [0.1, 0.15) is 5.56 Å². The van der Waals surface area contributed by atoms with E-state index in [4.69, 9.17) is 0 Å². The fourth-order valence-corrected chi connectivity index (χ4v) is 3.66. The molecular formula is C21H17FN6O2. The molecule has 0 unspecified atom stereocenters. The Hall–Kier alpha value is -4.01. The molecule has 1 N–H and O–H groups in total. The Morgan fingerprint density at radius 3 is 2.67 bits per heavy atom. The fourth-order valence-electron chi connectivity index (χ4n) is 3.66. The monoisotopic (exact) mass is 404 g/mol. The standard InChI is InChI=1S/C21H17FN6O2/c22-16-8-4-5-9-17(16)25-18(29)13-27-20-15(19-23-10-11-26(19)21(27)30)12-24-28(20)14-6-2-1-3-7-14/h1-9,12H,10-11,13H2,(H,25,29). The number of nitrogens with one attached hydrogen (secondary N) is 1. The van der Waals surface area contributed by atoms with Gasteiger partial charge in [-0.15, -0.1) is 0 Å². The van der Waals surface area contributed by atoms with Crippen molar-refractivity contribution in [1.82, 2.24) is 14.7 Å². The molecule has 0 aliphatic carbocycles. The first-order valence-electron chi connectivity index (χ1n) is 9.45. The maximum absolute atomic E-state index is 13.9. The van der Waals surface area contributed by atoms with Gasteiger partial charge in [-0.1, -0.05) is 30.3 Å². The lowest BCUT2D eigenvalue weighted by Crippen LogP contribution is -2.52. The summed E-state index contributed by atoms with van der Waals surface area (Å²) >= 11 is 0. The van der Waals surface area contributed by atoms with Crippen molar-refractivity contribution >= 4 is 29.3 Å². The topological polar surface area (TPSA) is 82.8 Å². The average molecular weight is 404 g/mol. The van der Waals surface area contributed by atoms with Crippen LogP contribution in [0.2, 0.25) is 0 Å². The number of fused-ring (bicyclic) bond motifs is 3. The van der Waals surface area contributed by atoms with Gasteiger partial charge in [0.15, 0.2) is 5.82 Å². The third kappa shape index (κ3) is 2.91. The SMILES string of the molecule is O=C(CN1C(=O)N2CCN=C2c2cnn(-c3ccccc3)c21)Nc1ccccc1F. The summed E-state index contributed by atoms with van der Waals surface area (Å²) in [5.74, 6) is -0.0330. The van der Waals surface area contributed by atoms with Crippen molar-refractivity contribution in [2.45, 2.75) is 0 Å². The van der Waals surface area contributed by atoms with Gasteiger partial charge < -0.3 is 5.32 Å². The number of carbonyl (C=O) groups is 2. The molecule has 0 bridgehead atoms. The molecule has 5 rings (SSSR count). The molecule has 0 atom stereocenters. The molecule has 2 aliphatic heterocycles. The van der Waals surface area contributed by atoms with Crippen LogP contribution >= 0.6 is 0 Å². The van der Waals surface area contributed by atoms with E-state index >= 15 is 0 Å². The third-order valence-electron chi connectivity index (χ3n) is 4.99. The number of rotatable bonds is 4. The van der Waals surface area contributed by atoms with Crippen LogP contribution in [-0.4, -0.2) is 52.1 Å². The van der Waals surface area contributed by atoms with Gasteiger partial charge in [0.05, 0.1) is 29.7 Å². The number of hydrogen-bond acceptors (Lipinski definition) is 4. The number of benzene rings is 2. The Morgan fingerprint density at radius 1 is 1.10 bits per heavy atom. The summed E-state index contributed by atoms with van der Waals surface area (Å²) in [5, 5.41) is 6.98. The Bertz CT molecular complexity index is 1170. The second-order valence-corrected chi connectivity index (χ2v) is 6.88. The maximum atomic E-state index is 13.9. The van der Waals surface area contributed by atoms with Crippen LogP contribution in [0.5, 0.6) is 0 Å². The van der Waals surface area contributed by atoms with Gasteiger partial charge in [0, 0.05) is 6.54 Å². The Kier molecular flexibility index (Phi) is 4.27. The summed E-state index contributed by atoms with van der Waals surface area (Å²) in [4.78, 5) is 33.2. The van der Waals surface area contributed by atoms with Gasteiger partial charge in [-0.3, -0.25) is 19.6 Å². The highest BCUT2D eigenvalue weighted by Crippen LogP contribution is 2.32. The molecule has 2 aromatic carbocycles. The van der Waals surface area contributed by atoms with E-state index in [1.54, 1.807) is 16.9 Å². The normalized spacial score (nSPS) is 15.0.